The summed E-state index contributed by atoms with van der Waals surface area (Å²) in [6.45, 7) is 3.57. The molecular formula is C21H17FN2O5S. The van der Waals surface area contributed by atoms with Crippen molar-refractivity contribution in [2.24, 2.45) is 0 Å². The third-order valence-electron chi connectivity index (χ3n) is 4.24. The maximum Gasteiger partial charge on any atom is 0.341 e. The van der Waals surface area contributed by atoms with Gasteiger partial charge in [-0.25, -0.2) is 9.18 Å². The number of nitrogens with zero attached hydrogens (tertiary/aromatic N) is 1. The number of aryl methyl sites for hydroxylation is 1. The number of nitro benzene ring substituents is 1. The highest BCUT2D eigenvalue weighted by Gasteiger charge is 2.26. The minimum atomic E-state index is -0.629. The van der Waals surface area contributed by atoms with Crippen molar-refractivity contribution >= 4 is 33.9 Å². The average molecular weight is 428 g/mol. The van der Waals surface area contributed by atoms with Gasteiger partial charge in [-0.15, -0.1) is 11.3 Å². The van der Waals surface area contributed by atoms with Crippen molar-refractivity contribution in [1.82, 2.24) is 0 Å². The molecule has 0 saturated carbocycles. The molecule has 0 bridgehead atoms. The molecule has 0 spiro atoms. The van der Waals surface area contributed by atoms with Crippen LogP contribution in [0.1, 0.15) is 32.5 Å². The lowest BCUT2D eigenvalue weighted by molar-refractivity contribution is -0.384. The second kappa shape index (κ2) is 8.83. The first-order valence-electron chi connectivity index (χ1n) is 8.94. The van der Waals surface area contributed by atoms with E-state index in [9.17, 15) is 24.1 Å². The molecule has 0 aliphatic carbocycles. The first kappa shape index (κ1) is 21.1. The van der Waals surface area contributed by atoms with Crippen LogP contribution in [0.25, 0.3) is 11.1 Å². The Labute approximate surface area is 175 Å². The zero-order chi connectivity index (χ0) is 21.8. The summed E-state index contributed by atoms with van der Waals surface area (Å²) in [7, 11) is 0. The standard InChI is InChI=1S/C21H17FN2O5S/c1-3-29-21(26)18-17(13-7-9-15(22)10-8-13)12(2)30-20(18)23-19(25)14-5-4-6-16(11-14)24(27)28/h4-11H,3H2,1-2H3,(H,23,25). The molecule has 0 fully saturated rings. The number of hydrogen-bond acceptors (Lipinski definition) is 6. The van der Waals surface area contributed by atoms with Gasteiger partial charge >= 0.3 is 5.97 Å². The normalized spacial score (nSPS) is 10.5. The lowest BCUT2D eigenvalue weighted by Crippen LogP contribution is -2.15. The van der Waals surface area contributed by atoms with Crippen LogP contribution in [0.3, 0.4) is 0 Å². The zero-order valence-electron chi connectivity index (χ0n) is 16.1. The maximum absolute atomic E-state index is 13.3. The molecule has 0 saturated heterocycles. The number of thiophene rings is 1. The van der Waals surface area contributed by atoms with Gasteiger partial charge in [0.25, 0.3) is 11.6 Å². The minimum Gasteiger partial charge on any atom is -0.462 e. The molecule has 0 atom stereocenters. The number of halogens is 1. The first-order chi connectivity index (χ1) is 14.3. The molecule has 0 aliphatic heterocycles. The summed E-state index contributed by atoms with van der Waals surface area (Å²) in [5, 5.41) is 13.9. The van der Waals surface area contributed by atoms with E-state index >= 15 is 0 Å². The van der Waals surface area contributed by atoms with Crippen LogP contribution in [0.15, 0.2) is 48.5 Å². The van der Waals surface area contributed by atoms with Crippen LogP contribution in [0.4, 0.5) is 15.1 Å². The van der Waals surface area contributed by atoms with Gasteiger partial charge in [-0.1, -0.05) is 18.2 Å². The van der Waals surface area contributed by atoms with Crippen molar-refractivity contribution < 1.29 is 23.6 Å². The number of esters is 1. The highest BCUT2D eigenvalue weighted by Crippen LogP contribution is 2.40. The Hall–Kier alpha value is -3.59. The smallest absolute Gasteiger partial charge is 0.341 e. The van der Waals surface area contributed by atoms with Crippen molar-refractivity contribution in [3.05, 3.63) is 80.5 Å². The third kappa shape index (κ3) is 4.36. The fourth-order valence-corrected chi connectivity index (χ4v) is 3.99. The number of benzene rings is 2. The largest absolute Gasteiger partial charge is 0.462 e. The van der Waals surface area contributed by atoms with Crippen molar-refractivity contribution in [3.63, 3.8) is 0 Å². The predicted molar refractivity (Wildman–Crippen MR) is 111 cm³/mol. The number of carbonyl (C=O) groups excluding carboxylic acids is 2. The van der Waals surface area contributed by atoms with Gasteiger partial charge in [-0.05, 0) is 37.6 Å². The Kier molecular flexibility index (Phi) is 6.22. The number of hydrogen-bond donors (Lipinski definition) is 1. The van der Waals surface area contributed by atoms with E-state index in [2.05, 4.69) is 5.32 Å². The van der Waals surface area contributed by atoms with Crippen LogP contribution in [0, 0.1) is 22.9 Å². The molecule has 154 valence electrons. The quantitative estimate of drug-likeness (QED) is 0.331. The molecule has 2 aromatic carbocycles. The monoisotopic (exact) mass is 428 g/mol. The van der Waals surface area contributed by atoms with Gasteiger partial charge in [0.15, 0.2) is 0 Å². The van der Waals surface area contributed by atoms with E-state index in [1.54, 1.807) is 26.0 Å². The van der Waals surface area contributed by atoms with Crippen LogP contribution >= 0.6 is 11.3 Å². The molecule has 30 heavy (non-hydrogen) atoms. The van der Waals surface area contributed by atoms with E-state index in [0.717, 1.165) is 10.9 Å². The van der Waals surface area contributed by atoms with Crippen LogP contribution in [0.5, 0.6) is 0 Å². The Bertz CT molecular complexity index is 1120. The molecule has 1 heterocycles. The first-order valence-corrected chi connectivity index (χ1v) is 9.75. The minimum absolute atomic E-state index is 0.0772. The molecule has 0 radical (unpaired) electrons. The number of amides is 1. The van der Waals surface area contributed by atoms with E-state index in [4.69, 9.17) is 4.74 Å². The SMILES string of the molecule is CCOC(=O)c1c(NC(=O)c2cccc([N+](=O)[O-])c2)sc(C)c1-c1ccc(F)cc1. The second-order valence-electron chi connectivity index (χ2n) is 6.23. The number of ether oxygens (including phenoxy) is 1. The molecule has 1 amide bonds. The zero-order valence-corrected chi connectivity index (χ0v) is 16.9. The van der Waals surface area contributed by atoms with Crippen molar-refractivity contribution in [3.8, 4) is 11.1 Å². The molecule has 1 aromatic heterocycles. The van der Waals surface area contributed by atoms with E-state index in [1.165, 1.54) is 41.7 Å². The highest BCUT2D eigenvalue weighted by molar-refractivity contribution is 7.17. The summed E-state index contributed by atoms with van der Waals surface area (Å²) >= 11 is 1.17. The Morgan fingerprint density at radius 2 is 1.90 bits per heavy atom. The highest BCUT2D eigenvalue weighted by atomic mass is 32.1. The van der Waals surface area contributed by atoms with Gasteiger partial charge in [0.2, 0.25) is 0 Å². The number of anilines is 1. The molecule has 3 aromatic rings. The average Bonchev–Trinajstić information content (AvgIpc) is 3.04. The van der Waals surface area contributed by atoms with Gasteiger partial charge in [0.05, 0.1) is 11.5 Å². The van der Waals surface area contributed by atoms with Gasteiger partial charge in [0, 0.05) is 28.1 Å². The topological polar surface area (TPSA) is 98.5 Å². The molecule has 0 aliphatic rings. The Morgan fingerprint density at radius 3 is 2.53 bits per heavy atom. The summed E-state index contributed by atoms with van der Waals surface area (Å²) in [5.74, 6) is -1.64. The van der Waals surface area contributed by atoms with Crippen LogP contribution in [0.2, 0.25) is 0 Å². The maximum atomic E-state index is 13.3. The summed E-state index contributed by atoms with van der Waals surface area (Å²) in [4.78, 5) is 36.5. The van der Waals surface area contributed by atoms with E-state index in [1.807, 2.05) is 0 Å². The van der Waals surface area contributed by atoms with Crippen LogP contribution < -0.4 is 5.32 Å². The molecular weight excluding hydrogens is 411 g/mol. The van der Waals surface area contributed by atoms with Crippen molar-refractivity contribution in [2.75, 3.05) is 11.9 Å². The van der Waals surface area contributed by atoms with E-state index < -0.39 is 22.6 Å². The summed E-state index contributed by atoms with van der Waals surface area (Å²) in [6, 6.07) is 10.9. The molecule has 0 unspecified atom stereocenters. The summed E-state index contributed by atoms with van der Waals surface area (Å²) in [6.07, 6.45) is 0. The fourth-order valence-electron chi connectivity index (χ4n) is 2.93. The number of rotatable bonds is 6. The van der Waals surface area contributed by atoms with E-state index in [0.29, 0.717) is 11.1 Å². The number of carbonyl (C=O) groups is 2. The van der Waals surface area contributed by atoms with Gasteiger partial charge in [-0.2, -0.15) is 0 Å². The number of nitrogens with one attached hydrogen (secondary N) is 1. The van der Waals surface area contributed by atoms with Crippen molar-refractivity contribution in [1.29, 1.82) is 0 Å². The van der Waals surface area contributed by atoms with Crippen LogP contribution in [-0.4, -0.2) is 23.4 Å². The summed E-state index contributed by atoms with van der Waals surface area (Å²) < 4.78 is 18.5. The van der Waals surface area contributed by atoms with Crippen LogP contribution in [-0.2, 0) is 4.74 Å². The number of nitro groups is 1. The Balaban J connectivity index is 2.04. The Morgan fingerprint density at radius 1 is 1.20 bits per heavy atom. The van der Waals surface area contributed by atoms with Gasteiger partial charge < -0.3 is 10.1 Å². The third-order valence-corrected chi connectivity index (χ3v) is 5.26. The molecule has 7 nitrogen and oxygen atoms in total. The molecule has 1 N–H and O–H groups in total. The van der Waals surface area contributed by atoms with Gasteiger partial charge in [-0.3, -0.25) is 14.9 Å². The predicted octanol–water partition coefficient (Wildman–Crippen LogP) is 5.20. The summed E-state index contributed by atoms with van der Waals surface area (Å²) in [5.41, 5.74) is 1.15. The molecule has 9 heteroatoms. The van der Waals surface area contributed by atoms with Crippen molar-refractivity contribution in [2.45, 2.75) is 13.8 Å². The fraction of sp³-hybridized carbons (Fsp3) is 0.143. The van der Waals surface area contributed by atoms with Gasteiger partial charge in [0.1, 0.15) is 16.4 Å². The lowest BCUT2D eigenvalue weighted by atomic mass is 10.0. The second-order valence-corrected chi connectivity index (χ2v) is 7.45. The number of non-ortho nitro benzene ring substituents is 1. The lowest BCUT2D eigenvalue weighted by Gasteiger charge is -2.09. The molecule has 3 rings (SSSR count). The van der Waals surface area contributed by atoms with E-state index in [-0.39, 0.29) is 28.4 Å².